The molecule has 0 N–H and O–H groups in total. The Morgan fingerprint density at radius 1 is 1.06 bits per heavy atom. The van der Waals surface area contributed by atoms with Crippen LogP contribution < -0.4 is 0 Å². The second kappa shape index (κ2) is 8.46. The number of hydrogen-bond donors (Lipinski definition) is 0. The van der Waals surface area contributed by atoms with Gasteiger partial charge in [0.15, 0.2) is 5.65 Å². The lowest BCUT2D eigenvalue weighted by molar-refractivity contribution is 0.0876. The van der Waals surface area contributed by atoms with Gasteiger partial charge >= 0.3 is 0 Å². The minimum absolute atomic E-state index is 0.0375. The molecule has 0 radical (unpaired) electrons. The summed E-state index contributed by atoms with van der Waals surface area (Å²) >= 11 is 6.25. The summed E-state index contributed by atoms with van der Waals surface area (Å²) in [5, 5.41) is 13.8. The average molecular weight is 462 g/mol. The summed E-state index contributed by atoms with van der Waals surface area (Å²) in [6, 6.07) is 15.8. The second-order valence-corrected chi connectivity index (χ2v) is 8.82. The molecule has 1 aromatic carbocycles. The van der Waals surface area contributed by atoms with E-state index >= 15 is 0 Å². The minimum atomic E-state index is -0.0375. The summed E-state index contributed by atoms with van der Waals surface area (Å²) in [5.41, 5.74) is 5.50. The van der Waals surface area contributed by atoms with Crippen molar-refractivity contribution in [3.05, 3.63) is 71.1 Å². The van der Waals surface area contributed by atoms with Crippen LogP contribution in [0.2, 0.25) is 5.02 Å². The summed E-state index contributed by atoms with van der Waals surface area (Å²) < 4.78 is 5.66. The summed E-state index contributed by atoms with van der Waals surface area (Å²) in [4.78, 5) is 14.6. The van der Waals surface area contributed by atoms with E-state index in [0.29, 0.717) is 24.5 Å². The van der Waals surface area contributed by atoms with E-state index in [1.165, 1.54) is 4.68 Å². The number of rotatable bonds is 6. The molecule has 168 valence electrons. The first-order valence-corrected chi connectivity index (χ1v) is 11.1. The number of aryl methyl sites for hydroxylation is 1. The highest BCUT2D eigenvalue weighted by molar-refractivity contribution is 6.30. The lowest BCUT2D eigenvalue weighted by atomic mass is 10.2. The van der Waals surface area contributed by atoms with Crippen LogP contribution in [-0.2, 0) is 6.54 Å². The third-order valence-corrected chi connectivity index (χ3v) is 5.94. The molecular weight excluding hydrogens is 438 g/mol. The first-order valence-electron chi connectivity index (χ1n) is 10.7. The maximum absolute atomic E-state index is 12.6. The monoisotopic (exact) mass is 461 g/mol. The van der Waals surface area contributed by atoms with Crippen molar-refractivity contribution < 1.29 is 4.79 Å². The first kappa shape index (κ1) is 21.4. The lowest BCUT2D eigenvalue weighted by Crippen LogP contribution is -2.20. The van der Waals surface area contributed by atoms with Gasteiger partial charge in [-0.25, -0.2) is 4.68 Å². The van der Waals surface area contributed by atoms with Crippen molar-refractivity contribution in [3.8, 4) is 11.4 Å². The molecule has 0 fully saturated rings. The Hall–Kier alpha value is -3.49. The number of aromatic nitrogens is 6. The van der Waals surface area contributed by atoms with E-state index in [1.54, 1.807) is 6.20 Å². The van der Waals surface area contributed by atoms with Crippen molar-refractivity contribution in [2.75, 3.05) is 20.6 Å². The fourth-order valence-corrected chi connectivity index (χ4v) is 4.29. The van der Waals surface area contributed by atoms with Crippen LogP contribution in [0.25, 0.3) is 28.1 Å². The molecule has 0 atom stereocenters. The van der Waals surface area contributed by atoms with Gasteiger partial charge in [0.05, 0.1) is 16.7 Å². The van der Waals surface area contributed by atoms with E-state index in [4.69, 9.17) is 11.6 Å². The highest BCUT2D eigenvalue weighted by Crippen LogP contribution is 2.30. The maximum atomic E-state index is 12.6. The van der Waals surface area contributed by atoms with Gasteiger partial charge in [-0.05, 0) is 63.0 Å². The molecule has 8 nitrogen and oxygen atoms in total. The molecule has 0 saturated heterocycles. The molecule has 0 amide bonds. The molecule has 9 heteroatoms. The largest absolute Gasteiger partial charge is 0.333 e. The van der Waals surface area contributed by atoms with Gasteiger partial charge in [-0.2, -0.15) is 5.10 Å². The number of nitrogens with zero attached hydrogens (tertiary/aromatic N) is 7. The fourth-order valence-electron chi connectivity index (χ4n) is 4.08. The van der Waals surface area contributed by atoms with Crippen molar-refractivity contribution in [1.82, 2.24) is 33.8 Å². The fraction of sp³-hybridized carbons (Fsp3) is 0.250. The number of benzene rings is 1. The Morgan fingerprint density at radius 3 is 2.70 bits per heavy atom. The SMILES string of the molecule is Cc1nnc2ccc3c(cc(-c4ccn(C(=O)CCN(C)C)n4)n3Cc3cccc(Cl)c3)n12. The summed E-state index contributed by atoms with van der Waals surface area (Å²) in [6.07, 6.45) is 2.13. The van der Waals surface area contributed by atoms with Gasteiger partial charge in [0.2, 0.25) is 5.91 Å². The number of halogens is 1. The van der Waals surface area contributed by atoms with Gasteiger partial charge in [0.25, 0.3) is 0 Å². The zero-order valence-electron chi connectivity index (χ0n) is 18.7. The average Bonchev–Trinajstić information content (AvgIpc) is 3.50. The van der Waals surface area contributed by atoms with Crippen LogP contribution in [0.1, 0.15) is 22.6 Å². The molecule has 4 heterocycles. The van der Waals surface area contributed by atoms with Crippen LogP contribution in [0.5, 0.6) is 0 Å². The standard InChI is InChI=1S/C24H24ClN7O/c1-16-26-27-23-8-7-20-22(32(16)23)14-21(30(20)15-17-5-4-6-18(25)13-17)19-9-12-31(28-19)24(33)10-11-29(2)3/h4-9,12-14H,10-11,15H2,1-3H3. The lowest BCUT2D eigenvalue weighted by Gasteiger charge is -2.11. The minimum Gasteiger partial charge on any atom is -0.333 e. The molecule has 0 saturated carbocycles. The summed E-state index contributed by atoms with van der Waals surface area (Å²) in [5.74, 6) is 0.774. The number of carbonyl (C=O) groups excluding carboxylic acids is 1. The maximum Gasteiger partial charge on any atom is 0.248 e. The van der Waals surface area contributed by atoms with Crippen LogP contribution in [0, 0.1) is 6.92 Å². The summed E-state index contributed by atoms with van der Waals surface area (Å²) in [7, 11) is 3.90. The van der Waals surface area contributed by atoms with Gasteiger partial charge < -0.3 is 9.47 Å². The quantitative estimate of drug-likeness (QED) is 0.380. The van der Waals surface area contributed by atoms with Crippen LogP contribution >= 0.6 is 11.6 Å². The van der Waals surface area contributed by atoms with Crippen LogP contribution in [-0.4, -0.2) is 60.4 Å². The molecular formula is C24H24ClN7O. The number of pyridine rings is 1. The molecule has 4 aromatic heterocycles. The van der Waals surface area contributed by atoms with Gasteiger partial charge in [-0.1, -0.05) is 23.7 Å². The normalized spacial score (nSPS) is 11.8. The predicted octanol–water partition coefficient (Wildman–Crippen LogP) is 4.15. The molecule has 0 aliphatic rings. The predicted molar refractivity (Wildman–Crippen MR) is 129 cm³/mol. The number of carbonyl (C=O) groups is 1. The van der Waals surface area contributed by atoms with E-state index in [2.05, 4.69) is 25.9 Å². The molecule has 33 heavy (non-hydrogen) atoms. The summed E-state index contributed by atoms with van der Waals surface area (Å²) in [6.45, 7) is 3.22. The number of hydrogen-bond acceptors (Lipinski definition) is 5. The Balaban J connectivity index is 1.64. The third kappa shape index (κ3) is 4.03. The van der Waals surface area contributed by atoms with Crippen molar-refractivity contribution >= 4 is 34.2 Å². The second-order valence-electron chi connectivity index (χ2n) is 8.38. The zero-order valence-corrected chi connectivity index (χ0v) is 19.5. The van der Waals surface area contributed by atoms with E-state index in [9.17, 15) is 4.79 Å². The highest BCUT2D eigenvalue weighted by atomic mass is 35.5. The highest BCUT2D eigenvalue weighted by Gasteiger charge is 2.18. The van der Waals surface area contributed by atoms with Gasteiger partial charge in [0.1, 0.15) is 11.5 Å². The molecule has 0 spiro atoms. The van der Waals surface area contributed by atoms with E-state index in [1.807, 2.05) is 72.8 Å². The smallest absolute Gasteiger partial charge is 0.248 e. The first-order chi connectivity index (χ1) is 15.9. The van der Waals surface area contributed by atoms with Crippen LogP contribution in [0.15, 0.2) is 54.7 Å². The van der Waals surface area contributed by atoms with Crippen molar-refractivity contribution in [2.45, 2.75) is 19.9 Å². The Kier molecular flexibility index (Phi) is 5.47. The van der Waals surface area contributed by atoms with Gasteiger partial charge in [-0.15, -0.1) is 10.2 Å². The van der Waals surface area contributed by atoms with Gasteiger partial charge in [0, 0.05) is 30.7 Å². The topological polar surface area (TPSA) is 73.2 Å². The van der Waals surface area contributed by atoms with Gasteiger partial charge in [-0.3, -0.25) is 9.20 Å². The van der Waals surface area contributed by atoms with Crippen LogP contribution in [0.3, 0.4) is 0 Å². The van der Waals surface area contributed by atoms with E-state index in [0.717, 1.165) is 39.5 Å². The van der Waals surface area contributed by atoms with E-state index in [-0.39, 0.29) is 5.91 Å². The molecule has 0 aliphatic carbocycles. The molecule has 5 rings (SSSR count). The molecule has 0 bridgehead atoms. The number of fused-ring (bicyclic) bond motifs is 3. The molecule has 0 unspecified atom stereocenters. The molecule has 5 aromatic rings. The van der Waals surface area contributed by atoms with E-state index < -0.39 is 0 Å². The molecule has 0 aliphatic heterocycles. The van der Waals surface area contributed by atoms with Crippen molar-refractivity contribution in [1.29, 1.82) is 0 Å². The Bertz CT molecular complexity index is 1480. The Morgan fingerprint density at radius 2 is 1.91 bits per heavy atom. The Labute approximate surface area is 196 Å². The zero-order chi connectivity index (χ0) is 23.1. The third-order valence-electron chi connectivity index (χ3n) is 5.71. The van der Waals surface area contributed by atoms with Crippen molar-refractivity contribution in [3.63, 3.8) is 0 Å². The van der Waals surface area contributed by atoms with Crippen molar-refractivity contribution in [2.24, 2.45) is 0 Å². The van der Waals surface area contributed by atoms with Crippen LogP contribution in [0.4, 0.5) is 0 Å².